The zero-order valence-electron chi connectivity index (χ0n) is 10.2. The van der Waals surface area contributed by atoms with Gasteiger partial charge in [0, 0.05) is 12.6 Å². The first-order chi connectivity index (χ1) is 8.26. The molecule has 1 amide bonds. The molecule has 2 N–H and O–H groups in total. The summed E-state index contributed by atoms with van der Waals surface area (Å²) >= 11 is 0. The molecule has 1 fully saturated rings. The molecule has 0 saturated heterocycles. The van der Waals surface area contributed by atoms with Crippen LogP contribution >= 0.6 is 0 Å². The highest BCUT2D eigenvalue weighted by atomic mass is 16.5. The molecule has 1 aliphatic carbocycles. The van der Waals surface area contributed by atoms with E-state index in [1.807, 2.05) is 0 Å². The van der Waals surface area contributed by atoms with Gasteiger partial charge in [0.15, 0.2) is 0 Å². The summed E-state index contributed by atoms with van der Waals surface area (Å²) < 4.78 is 5.05. The number of carbonyl (C=O) groups is 1. The van der Waals surface area contributed by atoms with E-state index in [-0.39, 0.29) is 25.2 Å². The van der Waals surface area contributed by atoms with Gasteiger partial charge in [0.1, 0.15) is 6.61 Å². The summed E-state index contributed by atoms with van der Waals surface area (Å²) in [6.07, 6.45) is 9.30. The van der Waals surface area contributed by atoms with Gasteiger partial charge in [-0.3, -0.25) is 4.79 Å². The van der Waals surface area contributed by atoms with E-state index in [0.717, 1.165) is 25.7 Å². The van der Waals surface area contributed by atoms with Crippen LogP contribution in [0.1, 0.15) is 32.1 Å². The highest BCUT2D eigenvalue weighted by Crippen LogP contribution is 2.23. The molecule has 0 aromatic heterocycles. The maximum Gasteiger partial charge on any atom is 0.222 e. The first kappa shape index (κ1) is 14.0. The smallest absolute Gasteiger partial charge is 0.222 e. The van der Waals surface area contributed by atoms with Crippen molar-refractivity contribution in [3.8, 4) is 12.3 Å². The van der Waals surface area contributed by atoms with Crippen LogP contribution in [0.2, 0.25) is 0 Å². The Bertz CT molecular complexity index is 264. The van der Waals surface area contributed by atoms with Crippen LogP contribution in [-0.2, 0) is 9.53 Å². The lowest BCUT2D eigenvalue weighted by atomic mass is 9.86. The highest BCUT2D eigenvalue weighted by molar-refractivity contribution is 5.76. The Labute approximate surface area is 103 Å². The Morgan fingerprint density at radius 3 is 2.71 bits per heavy atom. The Kier molecular flexibility index (Phi) is 6.68. The number of terminal acetylenes is 1. The maximum atomic E-state index is 11.5. The summed E-state index contributed by atoms with van der Waals surface area (Å²) in [5.41, 5.74) is 0. The second kappa shape index (κ2) is 8.10. The molecule has 96 valence electrons. The minimum atomic E-state index is 0.0227. The highest BCUT2D eigenvalue weighted by Gasteiger charge is 2.21. The molecular formula is C13H21NO3. The molecule has 0 aromatic carbocycles. The molecule has 4 nitrogen and oxygen atoms in total. The number of carbonyl (C=O) groups excluding carboxylic acids is 1. The molecule has 1 aliphatic rings. The molecule has 0 bridgehead atoms. The average Bonchev–Trinajstić information content (AvgIpc) is 2.36. The van der Waals surface area contributed by atoms with E-state index in [4.69, 9.17) is 16.3 Å². The van der Waals surface area contributed by atoms with Crippen molar-refractivity contribution in [3.63, 3.8) is 0 Å². The summed E-state index contributed by atoms with van der Waals surface area (Å²) in [5, 5.41) is 12.0. The number of aliphatic hydroxyl groups excluding tert-OH is 1. The van der Waals surface area contributed by atoms with Gasteiger partial charge in [-0.15, -0.1) is 6.42 Å². The monoisotopic (exact) mass is 239 g/mol. The van der Waals surface area contributed by atoms with Gasteiger partial charge in [-0.05, 0) is 31.6 Å². The van der Waals surface area contributed by atoms with Gasteiger partial charge < -0.3 is 15.2 Å². The topological polar surface area (TPSA) is 58.6 Å². The minimum absolute atomic E-state index is 0.0227. The van der Waals surface area contributed by atoms with Crippen molar-refractivity contribution in [2.75, 3.05) is 19.8 Å². The van der Waals surface area contributed by atoms with Crippen LogP contribution in [0.4, 0.5) is 0 Å². The van der Waals surface area contributed by atoms with Crippen molar-refractivity contribution in [2.45, 2.75) is 38.1 Å². The van der Waals surface area contributed by atoms with Crippen LogP contribution < -0.4 is 5.32 Å². The van der Waals surface area contributed by atoms with Crippen molar-refractivity contribution in [1.82, 2.24) is 5.32 Å². The molecular weight excluding hydrogens is 218 g/mol. The number of rotatable bonds is 6. The SMILES string of the molecule is C#CCOCCC(=O)NC1CCC(CO)CC1. The third kappa shape index (κ3) is 5.71. The zero-order chi connectivity index (χ0) is 12.5. The molecule has 1 saturated carbocycles. The number of aliphatic hydroxyl groups is 1. The first-order valence-electron chi connectivity index (χ1n) is 6.17. The van der Waals surface area contributed by atoms with E-state index in [1.54, 1.807) is 0 Å². The summed E-state index contributed by atoms with van der Waals surface area (Å²) in [6.45, 7) is 0.900. The van der Waals surface area contributed by atoms with E-state index in [1.165, 1.54) is 0 Å². The Morgan fingerprint density at radius 1 is 1.41 bits per heavy atom. The zero-order valence-corrected chi connectivity index (χ0v) is 10.2. The van der Waals surface area contributed by atoms with Crippen molar-refractivity contribution in [3.05, 3.63) is 0 Å². The van der Waals surface area contributed by atoms with Gasteiger partial charge in [-0.1, -0.05) is 5.92 Å². The predicted octanol–water partition coefficient (Wildman–Crippen LogP) is 0.694. The lowest BCUT2D eigenvalue weighted by molar-refractivity contribution is -0.123. The number of hydrogen-bond acceptors (Lipinski definition) is 3. The number of nitrogens with one attached hydrogen (secondary N) is 1. The van der Waals surface area contributed by atoms with E-state index in [2.05, 4.69) is 11.2 Å². The molecule has 4 heteroatoms. The second-order valence-electron chi connectivity index (χ2n) is 4.47. The Hall–Kier alpha value is -1.05. The van der Waals surface area contributed by atoms with Crippen molar-refractivity contribution >= 4 is 5.91 Å². The van der Waals surface area contributed by atoms with Crippen LogP contribution in [0.25, 0.3) is 0 Å². The Balaban J connectivity index is 2.09. The normalized spacial score (nSPS) is 24.0. The fraction of sp³-hybridized carbons (Fsp3) is 0.769. The third-order valence-corrected chi connectivity index (χ3v) is 3.13. The van der Waals surface area contributed by atoms with Gasteiger partial charge >= 0.3 is 0 Å². The fourth-order valence-corrected chi connectivity index (χ4v) is 2.09. The first-order valence-corrected chi connectivity index (χ1v) is 6.17. The largest absolute Gasteiger partial charge is 0.396 e. The summed E-state index contributed by atoms with van der Waals surface area (Å²) in [5.74, 6) is 2.80. The van der Waals surface area contributed by atoms with Gasteiger partial charge in [0.25, 0.3) is 0 Å². The number of amides is 1. The summed E-state index contributed by atoms with van der Waals surface area (Å²) in [4.78, 5) is 11.5. The second-order valence-corrected chi connectivity index (χ2v) is 4.47. The van der Waals surface area contributed by atoms with E-state index >= 15 is 0 Å². The van der Waals surface area contributed by atoms with Gasteiger partial charge in [-0.25, -0.2) is 0 Å². The molecule has 0 unspecified atom stereocenters. The van der Waals surface area contributed by atoms with Crippen LogP contribution in [0.15, 0.2) is 0 Å². The fourth-order valence-electron chi connectivity index (χ4n) is 2.09. The van der Waals surface area contributed by atoms with Crippen LogP contribution in [0.3, 0.4) is 0 Å². The van der Waals surface area contributed by atoms with Gasteiger partial charge in [0.2, 0.25) is 5.91 Å². The lowest BCUT2D eigenvalue weighted by Gasteiger charge is -2.27. The quantitative estimate of drug-likeness (QED) is 0.530. The van der Waals surface area contributed by atoms with Gasteiger partial charge in [-0.2, -0.15) is 0 Å². The van der Waals surface area contributed by atoms with E-state index < -0.39 is 0 Å². The average molecular weight is 239 g/mol. The molecule has 0 spiro atoms. The lowest BCUT2D eigenvalue weighted by Crippen LogP contribution is -2.38. The molecule has 0 aromatic rings. The van der Waals surface area contributed by atoms with Crippen LogP contribution in [-0.4, -0.2) is 36.9 Å². The van der Waals surface area contributed by atoms with Crippen LogP contribution in [0, 0.1) is 18.3 Å². The van der Waals surface area contributed by atoms with Crippen molar-refractivity contribution in [1.29, 1.82) is 0 Å². The summed E-state index contributed by atoms with van der Waals surface area (Å²) in [6, 6.07) is 0.262. The predicted molar refractivity (Wildman–Crippen MR) is 65.2 cm³/mol. The molecule has 17 heavy (non-hydrogen) atoms. The summed E-state index contributed by atoms with van der Waals surface area (Å²) in [7, 11) is 0. The molecule has 0 heterocycles. The third-order valence-electron chi connectivity index (χ3n) is 3.13. The molecule has 0 aliphatic heterocycles. The molecule has 0 radical (unpaired) electrons. The minimum Gasteiger partial charge on any atom is -0.396 e. The van der Waals surface area contributed by atoms with Crippen molar-refractivity contribution in [2.24, 2.45) is 5.92 Å². The standard InChI is InChI=1S/C13H21NO3/c1-2-8-17-9-7-13(16)14-12-5-3-11(10-15)4-6-12/h1,11-12,15H,3-10H2,(H,14,16). The maximum absolute atomic E-state index is 11.5. The van der Waals surface area contributed by atoms with Crippen LogP contribution in [0.5, 0.6) is 0 Å². The Morgan fingerprint density at radius 2 is 2.12 bits per heavy atom. The number of ether oxygens (including phenoxy) is 1. The van der Waals surface area contributed by atoms with E-state index in [9.17, 15) is 4.79 Å². The molecule has 1 rings (SSSR count). The van der Waals surface area contributed by atoms with Crippen molar-refractivity contribution < 1.29 is 14.6 Å². The number of hydrogen-bond donors (Lipinski definition) is 2. The van der Waals surface area contributed by atoms with E-state index in [0.29, 0.717) is 18.9 Å². The van der Waals surface area contributed by atoms with Gasteiger partial charge in [0.05, 0.1) is 13.0 Å². The molecule has 0 atom stereocenters.